The molecule has 29 heavy (non-hydrogen) atoms. The summed E-state index contributed by atoms with van der Waals surface area (Å²) in [7, 11) is 0. The van der Waals surface area contributed by atoms with Gasteiger partial charge in [0.2, 0.25) is 5.91 Å². The van der Waals surface area contributed by atoms with Crippen LogP contribution in [-0.2, 0) is 11.2 Å². The van der Waals surface area contributed by atoms with Crippen LogP contribution in [0.2, 0.25) is 5.02 Å². The summed E-state index contributed by atoms with van der Waals surface area (Å²) >= 11 is 5.54. The molecule has 0 spiro atoms. The zero-order valence-corrected chi connectivity index (χ0v) is 16.2. The molecule has 152 valence electrons. The molecule has 0 radical (unpaired) electrons. The van der Waals surface area contributed by atoms with Gasteiger partial charge in [-0.3, -0.25) is 4.79 Å². The van der Waals surface area contributed by atoms with Gasteiger partial charge in [-0.1, -0.05) is 48.0 Å². The first-order chi connectivity index (χ1) is 13.8. The van der Waals surface area contributed by atoms with Crippen LogP contribution in [0.1, 0.15) is 12.0 Å². The lowest BCUT2D eigenvalue weighted by Crippen LogP contribution is -2.29. The predicted octanol–water partition coefficient (Wildman–Crippen LogP) is 5.34. The molecule has 0 aliphatic rings. The molecule has 0 saturated heterocycles. The van der Waals surface area contributed by atoms with Crippen molar-refractivity contribution in [2.75, 3.05) is 5.32 Å². The predicted molar refractivity (Wildman–Crippen MR) is 109 cm³/mol. The van der Waals surface area contributed by atoms with E-state index < -0.39 is 23.5 Å². The first-order valence-electron chi connectivity index (χ1n) is 8.79. The molecule has 3 aromatic rings. The second-order valence-electron chi connectivity index (χ2n) is 6.24. The number of benzene rings is 3. The summed E-state index contributed by atoms with van der Waals surface area (Å²) in [4.78, 5) is 11.8. The molecule has 0 fully saturated rings. The molecular weight excluding hydrogens is 401 g/mol. The Labute approximate surface area is 172 Å². The van der Waals surface area contributed by atoms with Gasteiger partial charge in [-0.05, 0) is 42.3 Å². The Morgan fingerprint density at radius 1 is 0.897 bits per heavy atom. The number of hydrogen-bond acceptors (Lipinski definition) is 2. The Bertz CT molecular complexity index is 924. The number of nitrogens with one attached hydrogen (secondary N) is 1. The Kier molecular flexibility index (Phi) is 8.70. The molecule has 0 saturated carbocycles. The summed E-state index contributed by atoms with van der Waals surface area (Å²) < 4.78 is 39.4. The molecule has 1 amide bonds. The highest BCUT2D eigenvalue weighted by molar-refractivity contribution is 6.30. The van der Waals surface area contributed by atoms with Crippen molar-refractivity contribution in [1.29, 1.82) is 0 Å². The fourth-order valence-corrected chi connectivity index (χ4v) is 2.61. The van der Waals surface area contributed by atoms with Gasteiger partial charge in [0.1, 0.15) is 5.82 Å². The molecule has 3 rings (SSSR count). The third kappa shape index (κ3) is 7.97. The topological polar surface area (TPSA) is 55.1 Å². The van der Waals surface area contributed by atoms with Crippen molar-refractivity contribution in [2.24, 2.45) is 5.73 Å². The van der Waals surface area contributed by atoms with E-state index >= 15 is 0 Å². The molecule has 1 unspecified atom stereocenters. The Morgan fingerprint density at radius 3 is 2.00 bits per heavy atom. The lowest BCUT2D eigenvalue weighted by molar-refractivity contribution is -0.116. The van der Waals surface area contributed by atoms with Crippen LogP contribution in [0.3, 0.4) is 0 Å². The second-order valence-corrected chi connectivity index (χ2v) is 6.67. The molecule has 0 bridgehead atoms. The van der Waals surface area contributed by atoms with E-state index in [0.29, 0.717) is 11.8 Å². The number of nitrogens with two attached hydrogens (primary N) is 1. The number of hydrogen-bond donors (Lipinski definition) is 2. The number of anilines is 1. The van der Waals surface area contributed by atoms with Crippen molar-refractivity contribution >= 4 is 23.2 Å². The summed E-state index contributed by atoms with van der Waals surface area (Å²) in [5, 5.41) is 3.44. The number of rotatable bonds is 5. The van der Waals surface area contributed by atoms with E-state index in [1.54, 1.807) is 24.3 Å². The molecule has 0 aliphatic carbocycles. The Morgan fingerprint density at radius 2 is 1.45 bits per heavy atom. The fraction of sp³-hybridized carbons (Fsp3) is 0.136. The number of para-hydroxylation sites is 1. The molecular formula is C22H20ClF3N2O. The van der Waals surface area contributed by atoms with E-state index in [1.165, 1.54) is 0 Å². The van der Waals surface area contributed by atoms with Crippen molar-refractivity contribution in [3.8, 4) is 0 Å². The van der Waals surface area contributed by atoms with Gasteiger partial charge >= 0.3 is 0 Å². The van der Waals surface area contributed by atoms with E-state index in [9.17, 15) is 18.0 Å². The smallest absolute Gasteiger partial charge is 0.225 e. The zero-order chi connectivity index (χ0) is 21.2. The van der Waals surface area contributed by atoms with Gasteiger partial charge in [0.15, 0.2) is 11.6 Å². The lowest BCUT2D eigenvalue weighted by atomic mass is 10.0. The number of halogens is 4. The first-order valence-corrected chi connectivity index (χ1v) is 9.17. The Hall–Kier alpha value is -2.83. The first kappa shape index (κ1) is 22.5. The zero-order valence-electron chi connectivity index (χ0n) is 15.4. The van der Waals surface area contributed by atoms with Crippen LogP contribution in [0.5, 0.6) is 0 Å². The van der Waals surface area contributed by atoms with Crippen LogP contribution in [0, 0.1) is 17.5 Å². The minimum absolute atomic E-state index is 0.0566. The molecule has 1 atom stereocenters. The highest BCUT2D eigenvalue weighted by atomic mass is 35.5. The third-order valence-electron chi connectivity index (χ3n) is 3.81. The van der Waals surface area contributed by atoms with E-state index in [2.05, 4.69) is 5.32 Å². The van der Waals surface area contributed by atoms with E-state index in [0.717, 1.165) is 11.1 Å². The van der Waals surface area contributed by atoms with Crippen molar-refractivity contribution < 1.29 is 18.0 Å². The number of carbonyl (C=O) groups excluding carboxylic acids is 1. The molecule has 0 heterocycles. The maximum absolute atomic E-state index is 13.5. The number of carbonyl (C=O) groups is 1. The van der Waals surface area contributed by atoms with Gasteiger partial charge in [0.25, 0.3) is 0 Å². The van der Waals surface area contributed by atoms with Gasteiger partial charge < -0.3 is 11.1 Å². The van der Waals surface area contributed by atoms with E-state index in [1.807, 2.05) is 36.4 Å². The summed E-state index contributed by atoms with van der Waals surface area (Å²) in [5.41, 5.74) is 6.34. The monoisotopic (exact) mass is 420 g/mol. The Balaban J connectivity index is 0.000000360. The normalized spacial score (nSPS) is 11.2. The molecule has 0 aromatic heterocycles. The lowest BCUT2D eigenvalue weighted by Gasteiger charge is -2.13. The van der Waals surface area contributed by atoms with Gasteiger partial charge in [-0.2, -0.15) is 0 Å². The van der Waals surface area contributed by atoms with E-state index in [4.69, 9.17) is 17.3 Å². The molecule has 3 nitrogen and oxygen atoms in total. The third-order valence-corrected chi connectivity index (χ3v) is 4.06. The maximum Gasteiger partial charge on any atom is 0.225 e. The highest BCUT2D eigenvalue weighted by Crippen LogP contribution is 2.16. The van der Waals surface area contributed by atoms with Crippen LogP contribution in [0.15, 0.2) is 72.8 Å². The molecule has 3 aromatic carbocycles. The van der Waals surface area contributed by atoms with Crippen LogP contribution in [0.25, 0.3) is 0 Å². The number of amides is 1. The summed E-state index contributed by atoms with van der Waals surface area (Å²) in [5.74, 6) is -3.60. The largest absolute Gasteiger partial charge is 0.327 e. The SMILES string of the molecule is Clc1ccccc1.NC(CC(=O)Nc1ccccc1)Cc1cc(F)c(F)cc1F. The molecule has 7 heteroatoms. The standard InChI is InChI=1S/C16H15F3N2O.C6H5Cl/c17-13-9-15(19)14(18)7-10(13)6-11(20)8-16(22)21-12-4-2-1-3-5-12;7-6-4-2-1-3-5-6/h1-5,7,9,11H,6,8,20H2,(H,21,22);1-5H. The van der Waals surface area contributed by atoms with Crippen molar-refractivity contribution in [3.63, 3.8) is 0 Å². The average molecular weight is 421 g/mol. The maximum atomic E-state index is 13.5. The fourth-order valence-electron chi connectivity index (χ4n) is 2.46. The average Bonchev–Trinajstić information content (AvgIpc) is 2.68. The van der Waals surface area contributed by atoms with Gasteiger partial charge in [-0.15, -0.1) is 0 Å². The molecule has 0 aliphatic heterocycles. The second kappa shape index (κ2) is 11.2. The van der Waals surface area contributed by atoms with Crippen LogP contribution in [0.4, 0.5) is 18.9 Å². The van der Waals surface area contributed by atoms with Crippen LogP contribution >= 0.6 is 11.6 Å². The summed E-state index contributed by atoms with van der Waals surface area (Å²) in [6, 6.07) is 18.8. The minimum atomic E-state index is -1.25. The van der Waals surface area contributed by atoms with Gasteiger partial charge in [0.05, 0.1) is 0 Å². The van der Waals surface area contributed by atoms with Crippen molar-refractivity contribution in [2.45, 2.75) is 18.9 Å². The highest BCUT2D eigenvalue weighted by Gasteiger charge is 2.15. The van der Waals surface area contributed by atoms with Crippen LogP contribution < -0.4 is 11.1 Å². The summed E-state index contributed by atoms with van der Waals surface area (Å²) in [6.45, 7) is 0. The van der Waals surface area contributed by atoms with Crippen molar-refractivity contribution in [3.05, 3.63) is 101 Å². The minimum Gasteiger partial charge on any atom is -0.327 e. The van der Waals surface area contributed by atoms with Gasteiger partial charge in [-0.25, -0.2) is 13.2 Å². The molecule has 3 N–H and O–H groups in total. The summed E-state index contributed by atoms with van der Waals surface area (Å²) in [6.07, 6.45) is -0.126. The van der Waals surface area contributed by atoms with Gasteiger partial charge in [0, 0.05) is 29.2 Å². The van der Waals surface area contributed by atoms with E-state index in [-0.39, 0.29) is 24.3 Å². The quantitative estimate of drug-likeness (QED) is 0.547. The van der Waals surface area contributed by atoms with Crippen LogP contribution in [-0.4, -0.2) is 11.9 Å². The van der Waals surface area contributed by atoms with Crippen molar-refractivity contribution in [1.82, 2.24) is 0 Å².